The van der Waals surface area contributed by atoms with Gasteiger partial charge in [0.15, 0.2) is 0 Å². The zero-order valence-electron chi connectivity index (χ0n) is 12.5. The summed E-state index contributed by atoms with van der Waals surface area (Å²) in [6.45, 7) is 8.36. The first-order valence-corrected chi connectivity index (χ1v) is 8.76. The van der Waals surface area contributed by atoms with Gasteiger partial charge in [-0.15, -0.1) is 0 Å². The lowest BCUT2D eigenvalue weighted by Crippen LogP contribution is -2.30. The second kappa shape index (κ2) is 6.53. The van der Waals surface area contributed by atoms with Crippen molar-refractivity contribution in [3.8, 4) is 0 Å². The topological polar surface area (TPSA) is 46.2 Å². The standard InChI is InChI=1S/C15H25NO2S/c1-11-6-7-15(10-12(11)2)14(4)16-13(3)8-9-19(5,17)18/h6-7,10,13-14,16H,8-9H2,1-5H3/t13-,14+/m0/s1. The van der Waals surface area contributed by atoms with E-state index in [2.05, 4.69) is 44.3 Å². The third-order valence-electron chi connectivity index (χ3n) is 3.49. The Kier molecular flexibility index (Phi) is 5.56. The minimum atomic E-state index is -2.87. The second-order valence-corrected chi connectivity index (χ2v) is 7.81. The molecule has 0 saturated carbocycles. The minimum absolute atomic E-state index is 0.186. The molecule has 1 aromatic rings. The fourth-order valence-electron chi connectivity index (χ4n) is 2.03. The maximum absolute atomic E-state index is 11.1. The normalized spacial score (nSPS) is 15.2. The number of nitrogens with one attached hydrogen (secondary N) is 1. The van der Waals surface area contributed by atoms with Crippen LogP contribution in [0.1, 0.15) is 43.0 Å². The largest absolute Gasteiger partial charge is 0.308 e. The van der Waals surface area contributed by atoms with Crippen molar-refractivity contribution in [2.45, 2.75) is 46.2 Å². The van der Waals surface area contributed by atoms with E-state index in [0.717, 1.165) is 0 Å². The van der Waals surface area contributed by atoms with Crippen LogP contribution in [0.15, 0.2) is 18.2 Å². The third-order valence-corrected chi connectivity index (χ3v) is 4.46. The highest BCUT2D eigenvalue weighted by atomic mass is 32.2. The Morgan fingerprint density at radius 3 is 2.32 bits per heavy atom. The van der Waals surface area contributed by atoms with Crippen molar-refractivity contribution in [3.63, 3.8) is 0 Å². The summed E-state index contributed by atoms with van der Waals surface area (Å²) >= 11 is 0. The molecule has 0 aliphatic heterocycles. The molecule has 0 aliphatic carbocycles. The van der Waals surface area contributed by atoms with E-state index in [1.54, 1.807) is 0 Å². The fourth-order valence-corrected chi connectivity index (χ4v) is 2.81. The van der Waals surface area contributed by atoms with E-state index >= 15 is 0 Å². The van der Waals surface area contributed by atoms with Crippen LogP contribution >= 0.6 is 0 Å². The highest BCUT2D eigenvalue weighted by Crippen LogP contribution is 2.17. The van der Waals surface area contributed by atoms with Crippen LogP contribution in [0.2, 0.25) is 0 Å². The summed E-state index contributed by atoms with van der Waals surface area (Å²) in [5, 5.41) is 3.45. The summed E-state index contributed by atoms with van der Waals surface area (Å²) in [5.41, 5.74) is 3.82. The average molecular weight is 283 g/mol. The van der Waals surface area contributed by atoms with Crippen LogP contribution in [0.3, 0.4) is 0 Å². The van der Waals surface area contributed by atoms with Crippen LogP contribution in [-0.2, 0) is 9.84 Å². The molecule has 0 bridgehead atoms. The van der Waals surface area contributed by atoms with Gasteiger partial charge in [-0.1, -0.05) is 18.2 Å². The van der Waals surface area contributed by atoms with Gasteiger partial charge in [-0.25, -0.2) is 8.42 Å². The average Bonchev–Trinajstić information content (AvgIpc) is 2.29. The molecule has 1 aromatic carbocycles. The van der Waals surface area contributed by atoms with E-state index in [4.69, 9.17) is 0 Å². The molecule has 108 valence electrons. The van der Waals surface area contributed by atoms with Crippen molar-refractivity contribution < 1.29 is 8.42 Å². The summed E-state index contributed by atoms with van der Waals surface area (Å²) in [4.78, 5) is 0. The smallest absolute Gasteiger partial charge is 0.147 e. The van der Waals surface area contributed by atoms with Gasteiger partial charge < -0.3 is 5.32 Å². The molecule has 1 N–H and O–H groups in total. The molecule has 0 spiro atoms. The lowest BCUT2D eigenvalue weighted by molar-refractivity contribution is 0.468. The Morgan fingerprint density at radius 1 is 1.16 bits per heavy atom. The van der Waals surface area contributed by atoms with E-state index in [1.165, 1.54) is 22.9 Å². The Hall–Kier alpha value is -0.870. The first kappa shape index (κ1) is 16.2. The molecule has 0 fully saturated rings. The molecule has 0 unspecified atom stereocenters. The molecule has 0 heterocycles. The van der Waals surface area contributed by atoms with Crippen LogP contribution in [0, 0.1) is 13.8 Å². The molecule has 0 aliphatic rings. The predicted molar refractivity (Wildman–Crippen MR) is 81.3 cm³/mol. The maximum atomic E-state index is 11.1. The van der Waals surface area contributed by atoms with Gasteiger partial charge in [-0.3, -0.25) is 0 Å². The molecule has 3 nitrogen and oxygen atoms in total. The van der Waals surface area contributed by atoms with Gasteiger partial charge in [0, 0.05) is 18.3 Å². The fraction of sp³-hybridized carbons (Fsp3) is 0.600. The van der Waals surface area contributed by atoms with Gasteiger partial charge >= 0.3 is 0 Å². The van der Waals surface area contributed by atoms with E-state index in [1.807, 2.05) is 6.92 Å². The molecule has 0 radical (unpaired) electrons. The molecular weight excluding hydrogens is 258 g/mol. The van der Waals surface area contributed by atoms with E-state index in [0.29, 0.717) is 6.42 Å². The van der Waals surface area contributed by atoms with Crippen molar-refractivity contribution in [3.05, 3.63) is 34.9 Å². The Labute approximate surface area is 117 Å². The van der Waals surface area contributed by atoms with Gasteiger partial charge in [0.1, 0.15) is 9.84 Å². The van der Waals surface area contributed by atoms with Crippen molar-refractivity contribution in [1.82, 2.24) is 5.32 Å². The third kappa shape index (κ3) is 5.74. The molecule has 1 rings (SSSR count). The predicted octanol–water partition coefficient (Wildman–Crippen LogP) is 2.78. The molecule has 19 heavy (non-hydrogen) atoms. The Bertz CT molecular complexity index is 523. The zero-order valence-corrected chi connectivity index (χ0v) is 13.3. The maximum Gasteiger partial charge on any atom is 0.147 e. The number of rotatable bonds is 6. The number of hydrogen-bond donors (Lipinski definition) is 1. The number of sulfone groups is 1. The summed E-state index contributed by atoms with van der Waals surface area (Å²) in [5.74, 6) is 0.237. The molecule has 4 heteroatoms. The highest BCUT2D eigenvalue weighted by molar-refractivity contribution is 7.90. The van der Waals surface area contributed by atoms with Crippen LogP contribution in [-0.4, -0.2) is 26.5 Å². The van der Waals surface area contributed by atoms with Crippen molar-refractivity contribution in [2.75, 3.05) is 12.0 Å². The second-order valence-electron chi connectivity index (χ2n) is 5.55. The van der Waals surface area contributed by atoms with Crippen LogP contribution in [0.5, 0.6) is 0 Å². The molecule has 0 saturated heterocycles. The van der Waals surface area contributed by atoms with Crippen LogP contribution < -0.4 is 5.32 Å². The number of hydrogen-bond acceptors (Lipinski definition) is 3. The monoisotopic (exact) mass is 283 g/mol. The van der Waals surface area contributed by atoms with Crippen molar-refractivity contribution in [2.24, 2.45) is 0 Å². The van der Waals surface area contributed by atoms with Crippen LogP contribution in [0.25, 0.3) is 0 Å². The van der Waals surface area contributed by atoms with Crippen molar-refractivity contribution in [1.29, 1.82) is 0 Å². The van der Waals surface area contributed by atoms with E-state index in [-0.39, 0.29) is 17.8 Å². The minimum Gasteiger partial charge on any atom is -0.308 e. The number of benzene rings is 1. The molecule has 0 aromatic heterocycles. The van der Waals surface area contributed by atoms with Crippen LogP contribution in [0.4, 0.5) is 0 Å². The van der Waals surface area contributed by atoms with Gasteiger partial charge in [-0.2, -0.15) is 0 Å². The van der Waals surface area contributed by atoms with Crippen molar-refractivity contribution >= 4 is 9.84 Å². The van der Waals surface area contributed by atoms with Gasteiger partial charge in [0.05, 0.1) is 5.75 Å². The summed E-state index contributed by atoms with van der Waals surface area (Å²) in [6, 6.07) is 6.86. The van der Waals surface area contributed by atoms with Gasteiger partial charge in [-0.05, 0) is 50.8 Å². The summed E-state index contributed by atoms with van der Waals surface area (Å²) in [6.07, 6.45) is 1.93. The summed E-state index contributed by atoms with van der Waals surface area (Å²) < 4.78 is 22.3. The first-order valence-electron chi connectivity index (χ1n) is 6.70. The van der Waals surface area contributed by atoms with Gasteiger partial charge in [0.25, 0.3) is 0 Å². The zero-order chi connectivity index (χ0) is 14.6. The quantitative estimate of drug-likeness (QED) is 0.873. The SMILES string of the molecule is Cc1ccc([C@@H](C)N[C@@H](C)CCS(C)(=O)=O)cc1C. The van der Waals surface area contributed by atoms with Gasteiger partial charge in [0.2, 0.25) is 0 Å². The Balaban J connectivity index is 2.58. The molecule has 0 amide bonds. The van der Waals surface area contributed by atoms with E-state index < -0.39 is 9.84 Å². The molecule has 2 atom stereocenters. The number of aryl methyl sites for hydroxylation is 2. The highest BCUT2D eigenvalue weighted by Gasteiger charge is 2.12. The lowest BCUT2D eigenvalue weighted by atomic mass is 10.0. The Morgan fingerprint density at radius 2 is 1.79 bits per heavy atom. The molecular formula is C15H25NO2S. The van der Waals surface area contributed by atoms with E-state index in [9.17, 15) is 8.42 Å². The summed E-state index contributed by atoms with van der Waals surface area (Å²) in [7, 11) is -2.87. The first-order chi connectivity index (χ1) is 8.69. The lowest BCUT2D eigenvalue weighted by Gasteiger charge is -2.21.